The van der Waals surface area contributed by atoms with Gasteiger partial charge >= 0.3 is 0 Å². The van der Waals surface area contributed by atoms with Gasteiger partial charge in [0.2, 0.25) is 11.8 Å². The standard InChI is InChI=1S/C14H26N4O2/c1-11-9-18(5-4-15-11)14(20)12-8-13(19)17(10-12)7-6-16(2)3/h11-12,15H,4-10H2,1-3H3/t11-,12+/m1/s1. The highest BCUT2D eigenvalue weighted by atomic mass is 16.2. The van der Waals surface area contributed by atoms with Crippen molar-refractivity contribution in [1.82, 2.24) is 20.0 Å². The van der Waals surface area contributed by atoms with E-state index >= 15 is 0 Å². The van der Waals surface area contributed by atoms with Crippen LogP contribution in [0.1, 0.15) is 13.3 Å². The highest BCUT2D eigenvalue weighted by molar-refractivity contribution is 5.89. The average Bonchev–Trinajstić information content (AvgIpc) is 2.77. The zero-order valence-corrected chi connectivity index (χ0v) is 12.8. The molecule has 0 saturated carbocycles. The number of nitrogens with zero attached hydrogens (tertiary/aromatic N) is 3. The van der Waals surface area contributed by atoms with Gasteiger partial charge in [-0.15, -0.1) is 0 Å². The minimum absolute atomic E-state index is 0.119. The summed E-state index contributed by atoms with van der Waals surface area (Å²) >= 11 is 0. The number of likely N-dealkylation sites (tertiary alicyclic amines) is 1. The number of hydrogen-bond acceptors (Lipinski definition) is 4. The summed E-state index contributed by atoms with van der Waals surface area (Å²) in [6, 6.07) is 0.342. The van der Waals surface area contributed by atoms with E-state index in [0.29, 0.717) is 25.6 Å². The summed E-state index contributed by atoms with van der Waals surface area (Å²) in [4.78, 5) is 30.3. The molecule has 0 aromatic carbocycles. The summed E-state index contributed by atoms with van der Waals surface area (Å²) in [7, 11) is 3.98. The molecular formula is C14H26N4O2. The molecule has 20 heavy (non-hydrogen) atoms. The third-order valence-electron chi connectivity index (χ3n) is 4.06. The quantitative estimate of drug-likeness (QED) is 0.735. The van der Waals surface area contributed by atoms with Crippen molar-refractivity contribution in [2.75, 3.05) is 53.4 Å². The third kappa shape index (κ3) is 3.70. The molecule has 6 nitrogen and oxygen atoms in total. The normalized spacial score (nSPS) is 27.5. The molecule has 0 radical (unpaired) electrons. The van der Waals surface area contributed by atoms with E-state index in [9.17, 15) is 9.59 Å². The number of amides is 2. The molecule has 2 fully saturated rings. The second-order valence-corrected chi connectivity index (χ2v) is 6.18. The summed E-state index contributed by atoms with van der Waals surface area (Å²) in [6.07, 6.45) is 0.380. The van der Waals surface area contributed by atoms with Gasteiger partial charge in [-0.05, 0) is 21.0 Å². The first-order valence-electron chi connectivity index (χ1n) is 7.42. The zero-order chi connectivity index (χ0) is 14.7. The van der Waals surface area contributed by atoms with Crippen LogP contribution in [0.3, 0.4) is 0 Å². The Hall–Kier alpha value is -1.14. The fourth-order valence-electron chi connectivity index (χ4n) is 2.87. The van der Waals surface area contributed by atoms with Crippen LogP contribution in [0.2, 0.25) is 0 Å². The van der Waals surface area contributed by atoms with Crippen LogP contribution in [-0.2, 0) is 9.59 Å². The maximum atomic E-state index is 12.5. The second kappa shape index (κ2) is 6.54. The van der Waals surface area contributed by atoms with E-state index in [-0.39, 0.29) is 17.7 Å². The molecular weight excluding hydrogens is 256 g/mol. The smallest absolute Gasteiger partial charge is 0.228 e. The minimum atomic E-state index is -0.144. The maximum Gasteiger partial charge on any atom is 0.228 e. The average molecular weight is 282 g/mol. The van der Waals surface area contributed by atoms with Crippen molar-refractivity contribution in [3.63, 3.8) is 0 Å². The van der Waals surface area contributed by atoms with Gasteiger partial charge in [-0.3, -0.25) is 9.59 Å². The molecule has 2 heterocycles. The van der Waals surface area contributed by atoms with E-state index in [1.165, 1.54) is 0 Å². The molecule has 0 unspecified atom stereocenters. The molecule has 0 aromatic heterocycles. The SMILES string of the molecule is C[C@@H]1CN(C(=O)[C@H]2CC(=O)N(CCN(C)C)C2)CCN1. The predicted octanol–water partition coefficient (Wildman–Crippen LogP) is -0.783. The van der Waals surface area contributed by atoms with Gasteiger partial charge in [0.05, 0.1) is 5.92 Å². The number of rotatable bonds is 4. The Kier molecular flexibility index (Phi) is 4.99. The first kappa shape index (κ1) is 15.3. The molecule has 114 valence electrons. The topological polar surface area (TPSA) is 55.9 Å². The van der Waals surface area contributed by atoms with Gasteiger partial charge in [0, 0.05) is 51.7 Å². The number of carbonyl (C=O) groups is 2. The summed E-state index contributed by atoms with van der Waals surface area (Å²) in [5.74, 6) is 0.127. The van der Waals surface area contributed by atoms with E-state index < -0.39 is 0 Å². The predicted molar refractivity (Wildman–Crippen MR) is 77.3 cm³/mol. The largest absolute Gasteiger partial charge is 0.341 e. The molecule has 1 N–H and O–H groups in total. The van der Waals surface area contributed by atoms with Crippen LogP contribution in [-0.4, -0.2) is 85.9 Å². The minimum Gasteiger partial charge on any atom is -0.341 e. The summed E-state index contributed by atoms with van der Waals surface area (Å²) in [5, 5.41) is 3.33. The van der Waals surface area contributed by atoms with E-state index in [2.05, 4.69) is 17.1 Å². The number of likely N-dealkylation sites (N-methyl/N-ethyl adjacent to an activating group) is 1. The summed E-state index contributed by atoms with van der Waals surface area (Å²) < 4.78 is 0. The van der Waals surface area contributed by atoms with E-state index in [1.54, 1.807) is 0 Å². The van der Waals surface area contributed by atoms with E-state index in [0.717, 1.165) is 26.2 Å². The lowest BCUT2D eigenvalue weighted by Gasteiger charge is -2.33. The monoisotopic (exact) mass is 282 g/mol. The van der Waals surface area contributed by atoms with Gasteiger partial charge in [-0.1, -0.05) is 0 Å². The molecule has 0 bridgehead atoms. The van der Waals surface area contributed by atoms with Crippen molar-refractivity contribution in [2.24, 2.45) is 5.92 Å². The molecule has 2 aliphatic heterocycles. The Balaban J connectivity index is 1.87. The Labute approximate surface area is 121 Å². The van der Waals surface area contributed by atoms with Crippen LogP contribution in [0.25, 0.3) is 0 Å². The Morgan fingerprint density at radius 3 is 2.80 bits per heavy atom. The third-order valence-corrected chi connectivity index (χ3v) is 4.06. The molecule has 2 rings (SSSR count). The molecule has 2 amide bonds. The lowest BCUT2D eigenvalue weighted by atomic mass is 10.1. The van der Waals surface area contributed by atoms with E-state index in [4.69, 9.17) is 0 Å². The Morgan fingerprint density at radius 1 is 1.40 bits per heavy atom. The molecule has 6 heteroatoms. The van der Waals surface area contributed by atoms with Crippen LogP contribution in [0, 0.1) is 5.92 Å². The lowest BCUT2D eigenvalue weighted by molar-refractivity contribution is -0.136. The number of carbonyl (C=O) groups excluding carboxylic acids is 2. The van der Waals surface area contributed by atoms with Crippen LogP contribution < -0.4 is 5.32 Å². The number of nitrogens with one attached hydrogen (secondary N) is 1. The number of piperazine rings is 1. The highest BCUT2D eigenvalue weighted by Gasteiger charge is 2.37. The Bertz CT molecular complexity index is 372. The molecule has 0 spiro atoms. The highest BCUT2D eigenvalue weighted by Crippen LogP contribution is 2.20. The molecule has 0 aromatic rings. The molecule has 2 aliphatic rings. The number of hydrogen-bond donors (Lipinski definition) is 1. The van der Waals surface area contributed by atoms with Gasteiger partial charge in [0.15, 0.2) is 0 Å². The molecule has 2 saturated heterocycles. The van der Waals surface area contributed by atoms with Crippen LogP contribution >= 0.6 is 0 Å². The van der Waals surface area contributed by atoms with E-state index in [1.807, 2.05) is 23.9 Å². The molecule has 2 atom stereocenters. The lowest BCUT2D eigenvalue weighted by Crippen LogP contribution is -2.53. The summed E-state index contributed by atoms with van der Waals surface area (Å²) in [5.41, 5.74) is 0. The van der Waals surface area contributed by atoms with Crippen molar-refractivity contribution in [2.45, 2.75) is 19.4 Å². The van der Waals surface area contributed by atoms with Gasteiger partial charge in [-0.2, -0.15) is 0 Å². The second-order valence-electron chi connectivity index (χ2n) is 6.18. The van der Waals surface area contributed by atoms with Gasteiger partial charge in [-0.25, -0.2) is 0 Å². The van der Waals surface area contributed by atoms with Gasteiger partial charge in [0.1, 0.15) is 0 Å². The maximum absolute atomic E-state index is 12.5. The molecule has 0 aliphatic carbocycles. The zero-order valence-electron chi connectivity index (χ0n) is 12.8. The fraction of sp³-hybridized carbons (Fsp3) is 0.857. The van der Waals surface area contributed by atoms with Crippen molar-refractivity contribution >= 4 is 11.8 Å². The van der Waals surface area contributed by atoms with Crippen LogP contribution in [0.4, 0.5) is 0 Å². The summed E-state index contributed by atoms with van der Waals surface area (Å²) in [6.45, 7) is 6.59. The van der Waals surface area contributed by atoms with Crippen molar-refractivity contribution in [3.8, 4) is 0 Å². The first-order valence-corrected chi connectivity index (χ1v) is 7.42. The first-order chi connectivity index (χ1) is 9.47. The van der Waals surface area contributed by atoms with Crippen LogP contribution in [0.5, 0.6) is 0 Å². The fourth-order valence-corrected chi connectivity index (χ4v) is 2.87. The van der Waals surface area contributed by atoms with Crippen LogP contribution in [0.15, 0.2) is 0 Å². The van der Waals surface area contributed by atoms with Crippen molar-refractivity contribution in [3.05, 3.63) is 0 Å². The van der Waals surface area contributed by atoms with Crippen molar-refractivity contribution in [1.29, 1.82) is 0 Å². The van der Waals surface area contributed by atoms with Crippen molar-refractivity contribution < 1.29 is 9.59 Å². The van der Waals surface area contributed by atoms with Gasteiger partial charge < -0.3 is 20.0 Å². The van der Waals surface area contributed by atoms with Gasteiger partial charge in [0.25, 0.3) is 0 Å². The Morgan fingerprint density at radius 2 is 2.15 bits per heavy atom.